The number of hydrogen-bond acceptors (Lipinski definition) is 5. The molecule has 7 atom stereocenters. The second-order valence-electron chi connectivity index (χ2n) is 10.9. The quantitative estimate of drug-likeness (QED) is 0.264. The Morgan fingerprint density at radius 2 is 1.59 bits per heavy atom. The molecule has 2 aliphatic heterocycles. The van der Waals surface area contributed by atoms with E-state index < -0.39 is 11.9 Å². The van der Waals surface area contributed by atoms with Gasteiger partial charge in [0.1, 0.15) is 5.75 Å². The van der Waals surface area contributed by atoms with Crippen LogP contribution in [-0.4, -0.2) is 30.2 Å². The minimum Gasteiger partial charge on any atom is -0.426 e. The van der Waals surface area contributed by atoms with Gasteiger partial charge in [0.05, 0.1) is 23.4 Å². The van der Waals surface area contributed by atoms with Crippen molar-refractivity contribution >= 4 is 46.7 Å². The third-order valence-corrected chi connectivity index (χ3v) is 9.14. The number of anilines is 2. The van der Waals surface area contributed by atoms with Crippen molar-refractivity contribution in [1.29, 1.82) is 0 Å². The van der Waals surface area contributed by atoms with E-state index in [2.05, 4.69) is 12.2 Å². The van der Waals surface area contributed by atoms with Gasteiger partial charge in [0.2, 0.25) is 17.7 Å². The highest BCUT2D eigenvalue weighted by atomic mass is 35.5. The minimum absolute atomic E-state index is 0.0659. The predicted molar refractivity (Wildman–Crippen MR) is 136 cm³/mol. The summed E-state index contributed by atoms with van der Waals surface area (Å²) in [6.45, 7) is 2.04. The summed E-state index contributed by atoms with van der Waals surface area (Å²) in [4.78, 5) is 55.2. The van der Waals surface area contributed by atoms with Gasteiger partial charge >= 0.3 is 5.97 Å². The van der Waals surface area contributed by atoms with Crippen molar-refractivity contribution in [3.05, 3.63) is 65.2 Å². The third kappa shape index (κ3) is 3.40. The largest absolute Gasteiger partial charge is 0.426 e. The van der Waals surface area contributed by atoms with E-state index in [1.54, 1.807) is 54.3 Å². The monoisotopic (exact) mass is 516 g/mol. The van der Waals surface area contributed by atoms with Crippen LogP contribution in [0.2, 0.25) is 5.02 Å². The summed E-state index contributed by atoms with van der Waals surface area (Å²) < 4.78 is 5.62. The van der Waals surface area contributed by atoms with E-state index in [0.717, 1.165) is 6.42 Å². The smallest absolute Gasteiger partial charge is 0.316 e. The van der Waals surface area contributed by atoms with Crippen molar-refractivity contribution < 1.29 is 23.9 Å². The van der Waals surface area contributed by atoms with Gasteiger partial charge in [0, 0.05) is 23.7 Å². The van der Waals surface area contributed by atoms with E-state index in [-0.39, 0.29) is 54.4 Å². The van der Waals surface area contributed by atoms with Gasteiger partial charge in [-0.1, -0.05) is 23.8 Å². The Morgan fingerprint density at radius 3 is 2.22 bits per heavy atom. The summed E-state index contributed by atoms with van der Waals surface area (Å²) in [7, 11) is 0. The van der Waals surface area contributed by atoms with Gasteiger partial charge < -0.3 is 9.64 Å². The van der Waals surface area contributed by atoms with Crippen LogP contribution in [0.3, 0.4) is 0 Å². The molecule has 3 amide bonds. The molecular formula is C29H25ClN2O5. The lowest BCUT2D eigenvalue weighted by atomic mass is 9.63. The van der Waals surface area contributed by atoms with E-state index in [4.69, 9.17) is 16.3 Å². The van der Waals surface area contributed by atoms with Crippen molar-refractivity contribution in [3.63, 3.8) is 0 Å². The molecule has 2 aromatic rings. The Hall–Kier alpha value is -3.45. The van der Waals surface area contributed by atoms with Crippen LogP contribution in [0.5, 0.6) is 5.75 Å². The fraction of sp³-hybridized carbons (Fsp3) is 0.379. The fourth-order valence-corrected chi connectivity index (χ4v) is 7.20. The molecule has 2 saturated heterocycles. The minimum atomic E-state index is -0.595. The average molecular weight is 517 g/mol. The van der Waals surface area contributed by atoms with E-state index >= 15 is 0 Å². The molecule has 6 aliphatic rings. The highest BCUT2D eigenvalue weighted by Crippen LogP contribution is 2.65. The molecule has 0 unspecified atom stereocenters. The van der Waals surface area contributed by atoms with Gasteiger partial charge in [-0.25, -0.2) is 4.90 Å². The number of imide groups is 1. The van der Waals surface area contributed by atoms with Gasteiger partial charge in [-0.15, -0.1) is 0 Å². The second-order valence-corrected chi connectivity index (χ2v) is 11.4. The number of carbonyl (C=O) groups excluding carboxylic acids is 4. The number of allylic oxidation sites excluding steroid dienone is 2. The van der Waals surface area contributed by atoms with Crippen LogP contribution in [0.4, 0.5) is 11.4 Å². The maximum atomic E-state index is 13.4. The van der Waals surface area contributed by atoms with E-state index in [0.29, 0.717) is 39.5 Å². The zero-order chi connectivity index (χ0) is 25.6. The molecule has 8 rings (SSSR count). The molecular weight excluding hydrogens is 492 g/mol. The van der Waals surface area contributed by atoms with Crippen molar-refractivity contribution in [3.8, 4) is 5.75 Å². The van der Waals surface area contributed by atoms with Gasteiger partial charge in [0.15, 0.2) is 0 Å². The molecule has 188 valence electrons. The SMILES string of the molecule is Cc1cc(OC(=O)[C@@H]2CC(=O)N(c3ccc(Cl)cc3)C2)ccc1N1C(=O)[C@@H]2[C@H]3C=C[C@@H]([C@@H]4C[C@@H]34)[C@@H]2C1=O. The van der Waals surface area contributed by atoms with Gasteiger partial charge in [-0.05, 0) is 85.0 Å². The summed E-state index contributed by atoms with van der Waals surface area (Å²) in [5.74, 6) is -0.208. The first-order chi connectivity index (χ1) is 17.8. The van der Waals surface area contributed by atoms with Gasteiger partial charge in [-0.3, -0.25) is 19.2 Å². The Balaban J connectivity index is 1.06. The zero-order valence-electron chi connectivity index (χ0n) is 20.2. The average Bonchev–Trinajstić information content (AvgIpc) is 3.56. The number of halogens is 1. The highest BCUT2D eigenvalue weighted by Gasteiger charge is 2.67. The topological polar surface area (TPSA) is 84.0 Å². The van der Waals surface area contributed by atoms with Gasteiger partial charge in [0.25, 0.3) is 0 Å². The van der Waals surface area contributed by atoms with E-state index in [1.165, 1.54) is 4.90 Å². The lowest BCUT2D eigenvalue weighted by Crippen LogP contribution is -2.40. The van der Waals surface area contributed by atoms with Crippen LogP contribution in [0.1, 0.15) is 18.4 Å². The first-order valence-corrected chi connectivity index (χ1v) is 13.1. The molecule has 4 aliphatic carbocycles. The Morgan fingerprint density at radius 1 is 0.946 bits per heavy atom. The normalized spacial score (nSPS) is 33.1. The molecule has 8 heteroatoms. The fourth-order valence-electron chi connectivity index (χ4n) is 7.07. The van der Waals surface area contributed by atoms with Crippen molar-refractivity contribution in [1.82, 2.24) is 0 Å². The number of amides is 3. The zero-order valence-corrected chi connectivity index (χ0v) is 20.9. The summed E-state index contributed by atoms with van der Waals surface area (Å²) in [5, 5.41) is 0.571. The molecule has 0 radical (unpaired) electrons. The lowest BCUT2D eigenvalue weighted by Gasteiger charge is -2.37. The first-order valence-electron chi connectivity index (χ1n) is 12.8. The van der Waals surface area contributed by atoms with Crippen LogP contribution in [0, 0.1) is 48.3 Å². The molecule has 2 bridgehead atoms. The highest BCUT2D eigenvalue weighted by molar-refractivity contribution is 6.30. The summed E-state index contributed by atoms with van der Waals surface area (Å²) in [6.07, 6.45) is 5.51. The van der Waals surface area contributed by atoms with Crippen LogP contribution in [-0.2, 0) is 19.2 Å². The number of ether oxygens (including phenoxy) is 1. The van der Waals surface area contributed by atoms with Crippen LogP contribution >= 0.6 is 11.6 Å². The van der Waals surface area contributed by atoms with Crippen LogP contribution < -0.4 is 14.5 Å². The number of rotatable bonds is 4. The van der Waals surface area contributed by atoms with Crippen molar-refractivity contribution in [2.45, 2.75) is 19.8 Å². The molecule has 37 heavy (non-hydrogen) atoms. The molecule has 0 N–H and O–H groups in total. The molecule has 2 saturated carbocycles. The summed E-state index contributed by atoms with van der Waals surface area (Å²) in [6, 6.07) is 11.9. The second kappa shape index (κ2) is 8.02. The first kappa shape index (κ1) is 22.7. The Kier molecular flexibility index (Phi) is 4.93. The van der Waals surface area contributed by atoms with Gasteiger partial charge in [-0.2, -0.15) is 0 Å². The maximum Gasteiger partial charge on any atom is 0.316 e. The predicted octanol–water partition coefficient (Wildman–Crippen LogP) is 4.16. The molecule has 2 aromatic carbocycles. The molecule has 7 nitrogen and oxygen atoms in total. The van der Waals surface area contributed by atoms with Crippen LogP contribution in [0.25, 0.3) is 0 Å². The van der Waals surface area contributed by atoms with E-state index in [1.807, 2.05) is 0 Å². The third-order valence-electron chi connectivity index (χ3n) is 8.89. The summed E-state index contributed by atoms with van der Waals surface area (Å²) >= 11 is 5.94. The Bertz CT molecular complexity index is 1370. The number of hydrogen-bond donors (Lipinski definition) is 0. The number of carbonyl (C=O) groups is 4. The van der Waals surface area contributed by atoms with Crippen molar-refractivity contribution in [2.24, 2.45) is 41.4 Å². The molecule has 4 fully saturated rings. The molecule has 0 aromatic heterocycles. The van der Waals surface area contributed by atoms with Crippen molar-refractivity contribution in [2.75, 3.05) is 16.3 Å². The Labute approximate surface area is 219 Å². The number of benzene rings is 2. The standard InChI is InChI=1S/C29H25ClN2O5/c1-14-10-18(37-29(36)15-11-24(33)31(13-15)17-4-2-16(30)3-5-17)6-9-23(14)32-27(34)25-19-7-8-20(22-12-21(19)22)26(25)28(32)35/h2-10,15,19-22,25-26H,11-13H2,1H3/t15-,19+,20+,21+,22+,25-,26+/m1/s1. The molecule has 0 spiro atoms. The number of aryl methyl sites for hydroxylation is 1. The number of esters is 1. The summed E-state index contributed by atoms with van der Waals surface area (Å²) in [5.41, 5.74) is 1.91. The van der Waals surface area contributed by atoms with E-state index in [9.17, 15) is 19.2 Å². The maximum absolute atomic E-state index is 13.4. The number of nitrogens with zero attached hydrogens (tertiary/aromatic N) is 2. The van der Waals surface area contributed by atoms with Crippen LogP contribution in [0.15, 0.2) is 54.6 Å². The molecule has 2 heterocycles. The lowest BCUT2D eigenvalue weighted by molar-refractivity contribution is -0.139.